The zero-order chi connectivity index (χ0) is 51.3. The fraction of sp³-hybridized carbons (Fsp3) is 0.600. The maximum absolute atomic E-state index is 12.8. The molecule has 70 heavy (non-hydrogen) atoms. The van der Waals surface area contributed by atoms with E-state index in [1.54, 1.807) is 0 Å². The molecule has 0 aromatic heterocycles. The average Bonchev–Trinajstić information content (AvgIpc) is 3.32. The zero-order valence-electron chi connectivity index (χ0n) is 44.7. The summed E-state index contributed by atoms with van der Waals surface area (Å²) < 4.78 is 34.4. The standard InChI is InChI=1S/C60H98NO8P/c1-6-8-10-12-14-16-18-20-21-22-23-24-25-26-27-28-29-30-31-32-33-34-35-36-37-38-39-41-43-45-47-49-51-53-60(63)69-58(57-68-70(64,65)67-55-54-61(3,4)5)56-66-59(62)52-50-48-46-44-42-40-19-17-15-13-11-9-7-2/h8,10,14,16-17,19-21,23-24,26-27,29-30,32-33,35-36,38-39,43,45,58H,6-7,9,11-13,15,18,22,25,28,31,34,37,40-42,44,46-57H2,1-5H3/p+1/b10-8-,16-14-,19-17-,21-20-,24-23-,27-26-,30-29-,33-32-,36-35-,39-38-,45-43-. The van der Waals surface area contributed by atoms with Crippen molar-refractivity contribution in [2.75, 3.05) is 47.5 Å². The SMILES string of the molecule is CC/C=C\C/C=C\C/C=C\C/C=C\C/C=C\C/C=C\C/C=C\C/C=C\C/C=C\C/C=C\CCCCC(=O)OC(COC(=O)CCCCCCC/C=C\CCCCCC)COP(=O)(O)OCC[N+](C)(C)C. The topological polar surface area (TPSA) is 108 Å². The molecule has 2 atom stereocenters. The Kier molecular flexibility index (Phi) is 47.3. The fourth-order valence-corrected chi connectivity index (χ4v) is 7.25. The summed E-state index contributed by atoms with van der Waals surface area (Å²) in [6.45, 7) is 4.21. The number of unbranched alkanes of at least 4 members (excludes halogenated alkanes) is 11. The summed E-state index contributed by atoms with van der Waals surface area (Å²) >= 11 is 0. The number of allylic oxidation sites excluding steroid dienone is 22. The van der Waals surface area contributed by atoms with Gasteiger partial charge in [-0.1, -0.05) is 186 Å². The lowest BCUT2D eigenvalue weighted by Gasteiger charge is -2.24. The van der Waals surface area contributed by atoms with E-state index in [1.165, 1.54) is 32.1 Å². The molecule has 9 nitrogen and oxygen atoms in total. The molecular weight excluding hydrogens is 894 g/mol. The van der Waals surface area contributed by atoms with Crippen molar-refractivity contribution in [1.29, 1.82) is 0 Å². The number of hydrogen-bond acceptors (Lipinski definition) is 7. The van der Waals surface area contributed by atoms with Crippen LogP contribution >= 0.6 is 7.82 Å². The molecule has 396 valence electrons. The normalized spacial score (nSPS) is 14.4. The van der Waals surface area contributed by atoms with Crippen LogP contribution in [0.25, 0.3) is 0 Å². The van der Waals surface area contributed by atoms with Gasteiger partial charge in [0.15, 0.2) is 6.10 Å². The van der Waals surface area contributed by atoms with E-state index in [0.717, 1.165) is 109 Å². The summed E-state index contributed by atoms with van der Waals surface area (Å²) in [7, 11) is 1.42. The van der Waals surface area contributed by atoms with Gasteiger partial charge in [-0.2, -0.15) is 0 Å². The van der Waals surface area contributed by atoms with Crippen molar-refractivity contribution in [1.82, 2.24) is 0 Å². The van der Waals surface area contributed by atoms with Gasteiger partial charge in [-0.25, -0.2) is 4.57 Å². The molecule has 0 aromatic rings. The number of ether oxygens (including phenoxy) is 2. The Labute approximate surface area is 428 Å². The number of nitrogens with zero attached hydrogens (tertiary/aromatic N) is 1. The van der Waals surface area contributed by atoms with Crippen molar-refractivity contribution in [3.8, 4) is 0 Å². The van der Waals surface area contributed by atoms with Crippen LogP contribution in [-0.2, 0) is 32.7 Å². The number of phosphoric ester groups is 1. The summed E-state index contributed by atoms with van der Waals surface area (Å²) in [5.74, 6) is -0.872. The number of esters is 2. The van der Waals surface area contributed by atoms with Gasteiger partial charge in [0.1, 0.15) is 19.8 Å². The Balaban J connectivity index is 4.31. The van der Waals surface area contributed by atoms with E-state index in [-0.39, 0.29) is 26.1 Å². The molecule has 0 heterocycles. The first-order valence-electron chi connectivity index (χ1n) is 26.9. The highest BCUT2D eigenvalue weighted by atomic mass is 31.2. The van der Waals surface area contributed by atoms with Crippen molar-refractivity contribution in [2.45, 2.75) is 187 Å². The number of rotatable bonds is 47. The van der Waals surface area contributed by atoms with Crippen LogP contribution in [0, 0.1) is 0 Å². The largest absolute Gasteiger partial charge is 0.472 e. The van der Waals surface area contributed by atoms with Crippen molar-refractivity contribution < 1.29 is 42.1 Å². The second-order valence-electron chi connectivity index (χ2n) is 18.5. The summed E-state index contributed by atoms with van der Waals surface area (Å²) in [5, 5.41) is 0. The molecule has 0 aliphatic carbocycles. The highest BCUT2D eigenvalue weighted by Gasteiger charge is 2.27. The number of hydrogen-bond donors (Lipinski definition) is 1. The molecule has 0 aliphatic heterocycles. The molecule has 2 unspecified atom stereocenters. The number of carbonyl (C=O) groups excluding carboxylic acids is 2. The Morgan fingerprint density at radius 1 is 0.457 bits per heavy atom. The maximum Gasteiger partial charge on any atom is 0.472 e. The van der Waals surface area contributed by atoms with Gasteiger partial charge in [0.25, 0.3) is 0 Å². The van der Waals surface area contributed by atoms with Gasteiger partial charge in [-0.05, 0) is 116 Å². The number of carbonyl (C=O) groups is 2. The first-order valence-corrected chi connectivity index (χ1v) is 28.4. The molecule has 0 aromatic carbocycles. The Morgan fingerprint density at radius 2 is 0.814 bits per heavy atom. The van der Waals surface area contributed by atoms with E-state index in [1.807, 2.05) is 21.1 Å². The highest BCUT2D eigenvalue weighted by Crippen LogP contribution is 2.43. The lowest BCUT2D eigenvalue weighted by atomic mass is 10.1. The van der Waals surface area contributed by atoms with Gasteiger partial charge in [-0.3, -0.25) is 18.6 Å². The van der Waals surface area contributed by atoms with Crippen molar-refractivity contribution >= 4 is 19.8 Å². The van der Waals surface area contributed by atoms with Gasteiger partial charge in [-0.15, -0.1) is 0 Å². The number of phosphoric acid groups is 1. The van der Waals surface area contributed by atoms with Gasteiger partial charge >= 0.3 is 19.8 Å². The van der Waals surface area contributed by atoms with E-state index in [9.17, 15) is 19.0 Å². The molecule has 0 aliphatic rings. The maximum atomic E-state index is 12.8. The molecular formula is C60H99NO8P+. The van der Waals surface area contributed by atoms with E-state index < -0.39 is 32.5 Å². The fourth-order valence-electron chi connectivity index (χ4n) is 6.51. The predicted octanol–water partition coefficient (Wildman–Crippen LogP) is 16.6. The quantitative estimate of drug-likeness (QED) is 0.0211. The minimum atomic E-state index is -4.40. The van der Waals surface area contributed by atoms with Crippen LogP contribution in [0.15, 0.2) is 134 Å². The lowest BCUT2D eigenvalue weighted by Crippen LogP contribution is -2.37. The molecule has 0 rings (SSSR count). The average molecular weight is 993 g/mol. The Hall–Kier alpha value is -3.85. The molecule has 0 fully saturated rings. The Morgan fingerprint density at radius 3 is 1.26 bits per heavy atom. The smallest absolute Gasteiger partial charge is 0.462 e. The van der Waals surface area contributed by atoms with Crippen LogP contribution in [0.5, 0.6) is 0 Å². The van der Waals surface area contributed by atoms with Crippen molar-refractivity contribution in [2.24, 2.45) is 0 Å². The molecule has 0 amide bonds. The second-order valence-corrected chi connectivity index (χ2v) is 20.0. The Bertz CT molecular complexity index is 1640. The molecule has 0 saturated carbocycles. The molecule has 0 saturated heterocycles. The highest BCUT2D eigenvalue weighted by molar-refractivity contribution is 7.47. The zero-order valence-corrected chi connectivity index (χ0v) is 45.6. The summed E-state index contributed by atoms with van der Waals surface area (Å²) in [4.78, 5) is 35.5. The van der Waals surface area contributed by atoms with E-state index in [2.05, 4.69) is 148 Å². The third-order valence-corrected chi connectivity index (χ3v) is 11.6. The molecule has 0 radical (unpaired) electrons. The minimum Gasteiger partial charge on any atom is -0.462 e. The van der Waals surface area contributed by atoms with Crippen LogP contribution in [0.4, 0.5) is 0 Å². The second kappa shape index (κ2) is 50.1. The number of likely N-dealkylation sites (N-methyl/N-ethyl adjacent to an activating group) is 1. The first-order chi connectivity index (χ1) is 34.0. The third-order valence-electron chi connectivity index (χ3n) is 10.7. The summed E-state index contributed by atoms with van der Waals surface area (Å²) in [5.41, 5.74) is 0. The van der Waals surface area contributed by atoms with Crippen molar-refractivity contribution in [3.05, 3.63) is 134 Å². The van der Waals surface area contributed by atoms with E-state index in [0.29, 0.717) is 23.9 Å². The van der Waals surface area contributed by atoms with Crippen LogP contribution in [0.1, 0.15) is 181 Å². The monoisotopic (exact) mass is 993 g/mol. The van der Waals surface area contributed by atoms with Crippen LogP contribution in [0.3, 0.4) is 0 Å². The van der Waals surface area contributed by atoms with Crippen LogP contribution in [0.2, 0.25) is 0 Å². The van der Waals surface area contributed by atoms with Crippen LogP contribution < -0.4 is 0 Å². The molecule has 0 spiro atoms. The van der Waals surface area contributed by atoms with Crippen molar-refractivity contribution in [3.63, 3.8) is 0 Å². The lowest BCUT2D eigenvalue weighted by molar-refractivity contribution is -0.870. The van der Waals surface area contributed by atoms with Gasteiger partial charge in [0, 0.05) is 12.8 Å². The van der Waals surface area contributed by atoms with Gasteiger partial charge < -0.3 is 18.9 Å². The van der Waals surface area contributed by atoms with E-state index in [4.69, 9.17) is 18.5 Å². The minimum absolute atomic E-state index is 0.0143. The van der Waals surface area contributed by atoms with Gasteiger partial charge in [0.2, 0.25) is 0 Å². The molecule has 1 N–H and O–H groups in total. The third kappa shape index (κ3) is 53.5. The first kappa shape index (κ1) is 66.2. The van der Waals surface area contributed by atoms with Gasteiger partial charge in [0.05, 0.1) is 27.7 Å². The molecule has 0 bridgehead atoms. The summed E-state index contributed by atoms with van der Waals surface area (Å²) in [6, 6.07) is 0. The molecule has 10 heteroatoms. The van der Waals surface area contributed by atoms with Crippen LogP contribution in [-0.4, -0.2) is 74.9 Å². The summed E-state index contributed by atoms with van der Waals surface area (Å²) in [6.07, 6.45) is 72.4. The number of quaternary nitrogens is 1. The predicted molar refractivity (Wildman–Crippen MR) is 297 cm³/mol. The van der Waals surface area contributed by atoms with E-state index >= 15 is 0 Å².